The molecule has 114 valence electrons. The van der Waals surface area contributed by atoms with Gasteiger partial charge in [0.2, 0.25) is 5.89 Å². The maximum absolute atomic E-state index is 12.4. The molecule has 0 bridgehead atoms. The highest BCUT2D eigenvalue weighted by molar-refractivity contribution is 5.66. The normalized spacial score (nSPS) is 11.0. The maximum Gasteiger partial charge on any atom is 0.436 e. The summed E-state index contributed by atoms with van der Waals surface area (Å²) in [5.41, 5.74) is -0.706. The zero-order valence-corrected chi connectivity index (χ0v) is 12.1. The Morgan fingerprint density at radius 3 is 2.43 bits per heavy atom. The molecule has 0 saturated heterocycles. The van der Waals surface area contributed by atoms with Gasteiger partial charge in [0.1, 0.15) is 12.7 Å². The molecule has 0 spiro atoms. The summed E-state index contributed by atoms with van der Waals surface area (Å²) in [6, 6.07) is 3.02. The van der Waals surface area contributed by atoms with Gasteiger partial charge >= 0.3 is 12.1 Å². The Labute approximate surface area is 127 Å². The number of halogens is 4. The first-order valence-corrected chi connectivity index (χ1v) is 5.60. The van der Waals surface area contributed by atoms with Crippen LogP contribution in [0.25, 0.3) is 11.5 Å². The van der Waals surface area contributed by atoms with Gasteiger partial charge in [0.05, 0.1) is 0 Å². The second kappa shape index (κ2) is 6.70. The predicted octanol–water partition coefficient (Wildman–Crippen LogP) is -0.873. The Kier molecular flexibility index (Phi) is 5.47. The highest BCUT2D eigenvalue weighted by Crippen LogP contribution is 2.30. The molecule has 0 radical (unpaired) electrons. The summed E-state index contributed by atoms with van der Waals surface area (Å²) in [4.78, 5) is 13.8. The Morgan fingerprint density at radius 1 is 1.33 bits per heavy atom. The lowest BCUT2D eigenvalue weighted by Crippen LogP contribution is -3.00. The number of pyridine rings is 1. The van der Waals surface area contributed by atoms with Crippen LogP contribution in [0.4, 0.5) is 13.2 Å². The van der Waals surface area contributed by atoms with Gasteiger partial charge in [-0.1, -0.05) is 0 Å². The molecule has 2 aromatic rings. The highest BCUT2D eigenvalue weighted by Gasteiger charge is 2.34. The van der Waals surface area contributed by atoms with Gasteiger partial charge in [0, 0.05) is 17.7 Å². The number of aryl methyl sites for hydroxylation is 1. The summed E-state index contributed by atoms with van der Waals surface area (Å²) in [6.07, 6.45) is -0.925. The van der Waals surface area contributed by atoms with Gasteiger partial charge in [-0.15, -0.1) is 0 Å². The van der Waals surface area contributed by atoms with Crippen molar-refractivity contribution < 1.29 is 49.0 Å². The van der Waals surface area contributed by atoms with E-state index in [1.54, 1.807) is 17.0 Å². The molecule has 0 aliphatic carbocycles. The minimum Gasteiger partial charge on any atom is -1.00 e. The van der Waals surface area contributed by atoms with Gasteiger partial charge < -0.3 is 26.5 Å². The van der Waals surface area contributed by atoms with E-state index in [1.165, 1.54) is 12.1 Å². The summed E-state index contributed by atoms with van der Waals surface area (Å²) in [6.45, 7) is 0.273. The van der Waals surface area contributed by atoms with Crippen LogP contribution in [0, 0.1) is 0 Å². The van der Waals surface area contributed by atoms with Crippen LogP contribution in [-0.2, 0) is 17.5 Å². The van der Waals surface area contributed by atoms with Crippen molar-refractivity contribution in [3.63, 3.8) is 0 Å². The van der Waals surface area contributed by atoms with E-state index in [4.69, 9.17) is 9.52 Å². The number of carbonyl (C=O) groups is 1. The van der Waals surface area contributed by atoms with Gasteiger partial charge in [0.15, 0.2) is 24.6 Å². The molecule has 0 saturated carbocycles. The van der Waals surface area contributed by atoms with Crippen molar-refractivity contribution in [1.82, 2.24) is 4.98 Å². The van der Waals surface area contributed by atoms with Crippen LogP contribution in [0.15, 0.2) is 35.2 Å². The number of hydrogen-bond donors (Lipinski definition) is 1. The largest absolute Gasteiger partial charge is 1.00 e. The number of nitrogens with zero attached hydrogens (tertiary/aromatic N) is 2. The van der Waals surface area contributed by atoms with E-state index in [9.17, 15) is 18.0 Å². The maximum atomic E-state index is 12.4. The standard InChI is InChI=1S/C12H9F3N2O3.BrH/c13-12(14,15)9-7-20-11(16-9)8-1-4-17(5-2-8)6-3-10(18)19;/h1-2,4-5,7H,3,6H2;1H. The third-order valence-electron chi connectivity index (χ3n) is 2.52. The average Bonchev–Trinajstić information content (AvgIpc) is 2.86. The van der Waals surface area contributed by atoms with Crippen molar-refractivity contribution in [3.8, 4) is 11.5 Å². The van der Waals surface area contributed by atoms with E-state index < -0.39 is 17.8 Å². The Hall–Kier alpha value is -1.90. The molecule has 2 aromatic heterocycles. The monoisotopic (exact) mass is 366 g/mol. The molecule has 2 rings (SSSR count). The fourth-order valence-corrected chi connectivity index (χ4v) is 1.51. The fraction of sp³-hybridized carbons (Fsp3) is 0.250. The lowest BCUT2D eigenvalue weighted by molar-refractivity contribution is -0.695. The predicted molar refractivity (Wildman–Crippen MR) is 59.4 cm³/mol. The van der Waals surface area contributed by atoms with E-state index in [1.807, 2.05) is 0 Å². The molecule has 0 aliphatic heterocycles. The lowest BCUT2D eigenvalue weighted by Gasteiger charge is -1.98. The van der Waals surface area contributed by atoms with Crippen LogP contribution in [-0.4, -0.2) is 16.1 Å². The van der Waals surface area contributed by atoms with E-state index in [0.717, 1.165) is 0 Å². The summed E-state index contributed by atoms with van der Waals surface area (Å²) >= 11 is 0. The van der Waals surface area contributed by atoms with Crippen molar-refractivity contribution in [1.29, 1.82) is 0 Å². The third kappa shape index (κ3) is 4.55. The van der Waals surface area contributed by atoms with Gasteiger partial charge in [-0.3, -0.25) is 4.79 Å². The number of aliphatic carboxylic acids is 1. The first-order chi connectivity index (χ1) is 9.36. The van der Waals surface area contributed by atoms with Crippen molar-refractivity contribution in [2.24, 2.45) is 0 Å². The van der Waals surface area contributed by atoms with Crippen molar-refractivity contribution >= 4 is 5.97 Å². The first-order valence-electron chi connectivity index (χ1n) is 5.60. The summed E-state index contributed by atoms with van der Waals surface area (Å²) in [5.74, 6) is -1.06. The average molecular weight is 367 g/mol. The molecule has 1 N–H and O–H groups in total. The van der Waals surface area contributed by atoms with Crippen LogP contribution in [0.2, 0.25) is 0 Å². The molecular formula is C12H10BrF3N2O3. The number of rotatable bonds is 4. The van der Waals surface area contributed by atoms with Crippen LogP contribution in [0.3, 0.4) is 0 Å². The zero-order valence-electron chi connectivity index (χ0n) is 10.5. The smallest absolute Gasteiger partial charge is 0.436 e. The number of carboxylic acid groups (broad SMARTS) is 1. The van der Waals surface area contributed by atoms with E-state index in [0.29, 0.717) is 11.8 Å². The van der Waals surface area contributed by atoms with Crippen LogP contribution in [0.1, 0.15) is 12.1 Å². The number of carboxylic acids is 1. The minimum atomic E-state index is -4.54. The van der Waals surface area contributed by atoms with E-state index in [2.05, 4.69) is 4.98 Å². The molecule has 0 fully saturated rings. The molecule has 0 aliphatic rings. The van der Waals surface area contributed by atoms with E-state index >= 15 is 0 Å². The highest BCUT2D eigenvalue weighted by atomic mass is 79.9. The van der Waals surface area contributed by atoms with Crippen LogP contribution >= 0.6 is 0 Å². The van der Waals surface area contributed by atoms with E-state index in [-0.39, 0.29) is 35.8 Å². The Balaban J connectivity index is 0.00000220. The zero-order chi connectivity index (χ0) is 14.8. The van der Waals surface area contributed by atoms with Gasteiger partial charge in [0.25, 0.3) is 0 Å². The lowest BCUT2D eigenvalue weighted by atomic mass is 10.2. The molecule has 9 heteroatoms. The molecule has 0 atom stereocenters. The van der Waals surface area contributed by atoms with Gasteiger partial charge in [-0.2, -0.15) is 13.2 Å². The number of oxazole rings is 1. The van der Waals surface area contributed by atoms with Gasteiger partial charge in [-0.05, 0) is 0 Å². The van der Waals surface area contributed by atoms with Crippen molar-refractivity contribution in [2.75, 3.05) is 0 Å². The van der Waals surface area contributed by atoms with Crippen LogP contribution in [0.5, 0.6) is 0 Å². The summed E-state index contributed by atoms with van der Waals surface area (Å²) in [7, 11) is 0. The van der Waals surface area contributed by atoms with Gasteiger partial charge in [-0.25, -0.2) is 9.55 Å². The molecule has 5 nitrogen and oxygen atoms in total. The second-order valence-corrected chi connectivity index (χ2v) is 4.00. The minimum absolute atomic E-state index is 0. The van der Waals surface area contributed by atoms with Crippen molar-refractivity contribution in [3.05, 3.63) is 36.5 Å². The van der Waals surface area contributed by atoms with Crippen molar-refractivity contribution in [2.45, 2.75) is 19.1 Å². The Morgan fingerprint density at radius 2 is 1.95 bits per heavy atom. The first kappa shape index (κ1) is 17.2. The topological polar surface area (TPSA) is 67.2 Å². The number of aromatic nitrogens is 2. The summed E-state index contributed by atoms with van der Waals surface area (Å²) in [5, 5.41) is 8.54. The molecule has 0 aromatic carbocycles. The number of alkyl halides is 3. The molecule has 0 amide bonds. The number of hydrogen-bond acceptors (Lipinski definition) is 3. The second-order valence-electron chi connectivity index (χ2n) is 4.00. The van der Waals surface area contributed by atoms with Crippen LogP contribution < -0.4 is 21.5 Å². The molecular weight excluding hydrogens is 357 g/mol. The quantitative estimate of drug-likeness (QED) is 0.714. The molecule has 0 unspecified atom stereocenters. The molecule has 2 heterocycles. The Bertz CT molecular complexity index is 611. The molecule has 21 heavy (non-hydrogen) atoms. The third-order valence-corrected chi connectivity index (χ3v) is 2.52. The SMILES string of the molecule is O=C(O)CC[n+]1ccc(-c2nc(C(F)(F)F)co2)cc1.[Br-]. The fourth-order valence-electron chi connectivity index (χ4n) is 1.51. The summed E-state index contributed by atoms with van der Waals surface area (Å²) < 4.78 is 43.5.